The van der Waals surface area contributed by atoms with E-state index in [1.165, 1.54) is 250 Å². The van der Waals surface area contributed by atoms with Crippen LogP contribution in [-0.2, 0) is 4.79 Å². The molecule has 0 unspecified atom stereocenters. The minimum Gasteiger partial charge on any atom is -0.394 e. The smallest absolute Gasteiger partial charge is 0.220 e. The van der Waals surface area contributed by atoms with Gasteiger partial charge in [0.05, 0.1) is 18.8 Å². The van der Waals surface area contributed by atoms with Gasteiger partial charge in [0.1, 0.15) is 0 Å². The molecule has 3 N–H and O–H groups in total. The minimum atomic E-state index is -0.653. The van der Waals surface area contributed by atoms with E-state index in [4.69, 9.17) is 0 Å². The monoisotopic (exact) mass is 778 g/mol. The van der Waals surface area contributed by atoms with Crippen LogP contribution in [0.2, 0.25) is 0 Å². The summed E-state index contributed by atoms with van der Waals surface area (Å²) >= 11 is 0. The molecule has 0 aliphatic rings. The minimum absolute atomic E-state index is 0.0237. The molecule has 0 bridgehead atoms. The summed E-state index contributed by atoms with van der Waals surface area (Å²) in [4.78, 5) is 12.4. The normalized spacial score (nSPS) is 12.7. The van der Waals surface area contributed by atoms with Crippen LogP contribution in [0.1, 0.15) is 303 Å². The molecule has 4 nitrogen and oxygen atoms in total. The Morgan fingerprint density at radius 1 is 0.364 bits per heavy atom. The summed E-state index contributed by atoms with van der Waals surface area (Å²) in [5, 5.41) is 23.2. The van der Waals surface area contributed by atoms with E-state index in [0.29, 0.717) is 12.8 Å². The Kier molecular flexibility index (Phi) is 47.2. The summed E-state index contributed by atoms with van der Waals surface area (Å²) in [5.41, 5.74) is 0. The van der Waals surface area contributed by atoms with Gasteiger partial charge in [0, 0.05) is 6.42 Å². The lowest BCUT2D eigenvalue weighted by Crippen LogP contribution is -2.45. The van der Waals surface area contributed by atoms with Crippen LogP contribution in [0.4, 0.5) is 0 Å². The zero-order valence-electron chi connectivity index (χ0n) is 38.0. The van der Waals surface area contributed by atoms with Gasteiger partial charge in [-0.1, -0.05) is 284 Å². The predicted octanol–water partition coefficient (Wildman–Crippen LogP) is 16.4. The highest BCUT2D eigenvalue weighted by Gasteiger charge is 2.20. The van der Waals surface area contributed by atoms with Gasteiger partial charge >= 0.3 is 0 Å². The van der Waals surface area contributed by atoms with E-state index in [1.54, 1.807) is 0 Å². The number of aliphatic hydroxyl groups is 2. The second-order valence-corrected chi connectivity index (χ2v) is 18.0. The van der Waals surface area contributed by atoms with Gasteiger partial charge in [-0.25, -0.2) is 0 Å². The van der Waals surface area contributed by atoms with Crippen LogP contribution >= 0.6 is 0 Å². The summed E-state index contributed by atoms with van der Waals surface area (Å²) in [7, 11) is 0. The summed E-state index contributed by atoms with van der Waals surface area (Å²) in [5.74, 6) is -0.0237. The molecule has 330 valence electrons. The van der Waals surface area contributed by atoms with Crippen LogP contribution in [0.3, 0.4) is 0 Å². The number of hydrogen-bond donors (Lipinski definition) is 3. The zero-order chi connectivity index (χ0) is 40.0. The van der Waals surface area contributed by atoms with E-state index < -0.39 is 12.1 Å². The first-order valence-corrected chi connectivity index (χ1v) is 25.7. The van der Waals surface area contributed by atoms with Crippen molar-refractivity contribution < 1.29 is 15.0 Å². The van der Waals surface area contributed by atoms with Gasteiger partial charge < -0.3 is 15.5 Å². The van der Waals surface area contributed by atoms with Crippen molar-refractivity contribution in [1.29, 1.82) is 0 Å². The fourth-order valence-corrected chi connectivity index (χ4v) is 8.42. The first-order chi connectivity index (χ1) is 27.2. The molecule has 0 saturated heterocycles. The number of hydrogen-bond acceptors (Lipinski definition) is 3. The van der Waals surface area contributed by atoms with E-state index in [-0.39, 0.29) is 12.5 Å². The van der Waals surface area contributed by atoms with Gasteiger partial charge in [0.15, 0.2) is 0 Å². The third-order valence-electron chi connectivity index (χ3n) is 12.4. The van der Waals surface area contributed by atoms with Gasteiger partial charge in [0.25, 0.3) is 0 Å². The molecular formula is C51H103NO3. The van der Waals surface area contributed by atoms with E-state index in [0.717, 1.165) is 25.7 Å². The molecule has 2 atom stereocenters. The fourth-order valence-electron chi connectivity index (χ4n) is 8.42. The Labute approximate surface area is 346 Å². The largest absolute Gasteiger partial charge is 0.394 e. The Bertz CT molecular complexity index is 714. The lowest BCUT2D eigenvalue weighted by atomic mass is 10.0. The molecule has 0 radical (unpaired) electrons. The first kappa shape index (κ1) is 54.4. The molecule has 0 saturated carbocycles. The maximum atomic E-state index is 12.4. The van der Waals surface area contributed by atoms with Crippen molar-refractivity contribution in [2.24, 2.45) is 0 Å². The lowest BCUT2D eigenvalue weighted by molar-refractivity contribution is -0.123. The predicted molar refractivity (Wildman–Crippen MR) is 244 cm³/mol. The van der Waals surface area contributed by atoms with Crippen LogP contribution < -0.4 is 5.32 Å². The average molecular weight is 778 g/mol. The van der Waals surface area contributed by atoms with E-state index in [1.807, 2.05) is 0 Å². The van der Waals surface area contributed by atoms with Crippen molar-refractivity contribution >= 4 is 5.91 Å². The van der Waals surface area contributed by atoms with Gasteiger partial charge in [0.2, 0.25) is 5.91 Å². The second kappa shape index (κ2) is 47.8. The quantitative estimate of drug-likeness (QED) is 0.0539. The van der Waals surface area contributed by atoms with E-state index >= 15 is 0 Å². The van der Waals surface area contributed by atoms with E-state index in [9.17, 15) is 15.0 Å². The third-order valence-corrected chi connectivity index (χ3v) is 12.4. The third kappa shape index (κ3) is 44.3. The van der Waals surface area contributed by atoms with Gasteiger partial charge in [-0.15, -0.1) is 0 Å². The molecule has 0 aliphatic carbocycles. The maximum Gasteiger partial charge on any atom is 0.220 e. The molecular weight excluding hydrogens is 675 g/mol. The Morgan fingerprint density at radius 3 is 0.818 bits per heavy atom. The van der Waals surface area contributed by atoms with Crippen molar-refractivity contribution in [1.82, 2.24) is 5.32 Å². The molecule has 0 fully saturated rings. The highest BCUT2D eigenvalue weighted by Crippen LogP contribution is 2.18. The molecule has 0 aromatic carbocycles. The van der Waals surface area contributed by atoms with Gasteiger partial charge in [-0.2, -0.15) is 0 Å². The van der Waals surface area contributed by atoms with Gasteiger partial charge in [-0.3, -0.25) is 4.79 Å². The average Bonchev–Trinajstić information content (AvgIpc) is 3.19. The number of unbranched alkanes of at least 4 members (excludes halogenated alkanes) is 41. The molecule has 55 heavy (non-hydrogen) atoms. The van der Waals surface area contributed by atoms with Crippen LogP contribution in [0, 0.1) is 0 Å². The molecule has 0 spiro atoms. The zero-order valence-corrected chi connectivity index (χ0v) is 38.0. The van der Waals surface area contributed by atoms with Crippen molar-refractivity contribution in [3.05, 3.63) is 0 Å². The van der Waals surface area contributed by atoms with Crippen LogP contribution in [0.25, 0.3) is 0 Å². The summed E-state index contributed by atoms with van der Waals surface area (Å²) < 4.78 is 0. The number of carbonyl (C=O) groups excluding carboxylic acids is 1. The number of carbonyl (C=O) groups is 1. The molecule has 0 aromatic heterocycles. The van der Waals surface area contributed by atoms with Crippen molar-refractivity contribution in [2.45, 2.75) is 315 Å². The number of amides is 1. The molecule has 1 amide bonds. The SMILES string of the molecule is CCCCCCCCCCCCCCCCCCCCCCCCCCCCCCC(=O)N[C@@H](CO)[C@H](O)CCCCCCCCCCCCCCCCC. The van der Waals surface area contributed by atoms with E-state index in [2.05, 4.69) is 19.2 Å². The molecule has 0 aromatic rings. The second-order valence-electron chi connectivity index (χ2n) is 18.0. The fraction of sp³-hybridized carbons (Fsp3) is 0.980. The van der Waals surface area contributed by atoms with Crippen molar-refractivity contribution in [3.63, 3.8) is 0 Å². The van der Waals surface area contributed by atoms with Crippen molar-refractivity contribution in [2.75, 3.05) is 6.61 Å². The lowest BCUT2D eigenvalue weighted by Gasteiger charge is -2.22. The van der Waals surface area contributed by atoms with Gasteiger partial charge in [-0.05, 0) is 12.8 Å². The standard InChI is InChI=1S/C51H103NO3/c1-3-5-7-9-11-13-15-17-19-20-21-22-23-24-25-26-27-28-29-30-31-33-35-37-39-41-43-45-47-51(55)52-49(48-53)50(54)46-44-42-40-38-36-34-32-18-16-14-12-10-8-6-4-2/h49-50,53-54H,3-48H2,1-2H3,(H,52,55)/t49-,50+/m0/s1. The first-order valence-electron chi connectivity index (χ1n) is 25.7. The Balaban J connectivity index is 3.39. The summed E-state index contributed by atoms with van der Waals surface area (Å²) in [6.45, 7) is 4.39. The summed E-state index contributed by atoms with van der Waals surface area (Å²) in [6, 6.07) is -0.530. The highest BCUT2D eigenvalue weighted by atomic mass is 16.3. The Morgan fingerprint density at radius 2 is 0.582 bits per heavy atom. The topological polar surface area (TPSA) is 69.6 Å². The number of aliphatic hydroxyl groups excluding tert-OH is 2. The van der Waals surface area contributed by atoms with Crippen LogP contribution in [0.15, 0.2) is 0 Å². The molecule has 4 heteroatoms. The van der Waals surface area contributed by atoms with Crippen LogP contribution in [0.5, 0.6) is 0 Å². The maximum absolute atomic E-state index is 12.4. The Hall–Kier alpha value is -0.610. The molecule has 0 heterocycles. The number of nitrogens with one attached hydrogen (secondary N) is 1. The molecule has 0 aliphatic heterocycles. The van der Waals surface area contributed by atoms with Crippen LogP contribution in [-0.4, -0.2) is 34.9 Å². The highest BCUT2D eigenvalue weighted by molar-refractivity contribution is 5.76. The molecule has 0 rings (SSSR count). The van der Waals surface area contributed by atoms with Crippen molar-refractivity contribution in [3.8, 4) is 0 Å². The number of rotatable bonds is 48. The summed E-state index contributed by atoms with van der Waals surface area (Å²) in [6.07, 6.45) is 59.3.